The van der Waals surface area contributed by atoms with Crippen molar-refractivity contribution in [3.8, 4) is 0 Å². The minimum absolute atomic E-state index is 0.519. The summed E-state index contributed by atoms with van der Waals surface area (Å²) in [6, 6.07) is 2.24. The van der Waals surface area contributed by atoms with Crippen LogP contribution in [0.3, 0.4) is 0 Å². The molecule has 1 saturated heterocycles. The van der Waals surface area contributed by atoms with Gasteiger partial charge in [0.05, 0.1) is 5.37 Å². The average molecular weight is 278 g/mol. The molecule has 1 aromatic rings. The van der Waals surface area contributed by atoms with E-state index in [1.807, 2.05) is 23.1 Å². The van der Waals surface area contributed by atoms with Gasteiger partial charge in [-0.15, -0.1) is 23.1 Å². The minimum Gasteiger partial charge on any atom is -0.300 e. The summed E-state index contributed by atoms with van der Waals surface area (Å²) in [4.78, 5) is 2.82. The molecule has 1 aromatic heterocycles. The highest BCUT2D eigenvalue weighted by molar-refractivity contribution is 9.10. The van der Waals surface area contributed by atoms with Crippen molar-refractivity contribution in [3.05, 3.63) is 20.3 Å². The van der Waals surface area contributed by atoms with Crippen molar-refractivity contribution in [2.24, 2.45) is 0 Å². The zero-order chi connectivity index (χ0) is 9.42. The van der Waals surface area contributed by atoms with Gasteiger partial charge in [0.15, 0.2) is 0 Å². The third-order valence-electron chi connectivity index (χ3n) is 2.09. The van der Waals surface area contributed by atoms with Crippen molar-refractivity contribution in [2.75, 3.05) is 6.54 Å². The van der Waals surface area contributed by atoms with Crippen molar-refractivity contribution in [2.45, 2.75) is 24.5 Å². The van der Waals surface area contributed by atoms with Crippen molar-refractivity contribution >= 4 is 39.0 Å². The van der Waals surface area contributed by atoms with Gasteiger partial charge >= 0.3 is 0 Å². The van der Waals surface area contributed by atoms with E-state index < -0.39 is 0 Å². The van der Waals surface area contributed by atoms with E-state index in [2.05, 4.69) is 41.2 Å². The molecule has 2 heterocycles. The Morgan fingerprint density at radius 3 is 2.85 bits per heavy atom. The highest BCUT2D eigenvalue weighted by Crippen LogP contribution is 2.40. The van der Waals surface area contributed by atoms with Gasteiger partial charge in [-0.05, 0) is 28.9 Å². The van der Waals surface area contributed by atoms with E-state index >= 15 is 0 Å². The van der Waals surface area contributed by atoms with Crippen LogP contribution in [0.2, 0.25) is 0 Å². The first-order valence-corrected chi connectivity index (χ1v) is 6.86. The average Bonchev–Trinajstić information content (AvgIpc) is 2.61. The van der Waals surface area contributed by atoms with Crippen LogP contribution in [0, 0.1) is 6.92 Å². The quantitative estimate of drug-likeness (QED) is 0.843. The Hall–Kier alpha value is 0.490. The Bertz CT molecular complexity index is 291. The van der Waals surface area contributed by atoms with E-state index in [4.69, 9.17) is 0 Å². The first-order chi connectivity index (χ1) is 6.16. The standard InChI is InChI=1S/C9H12BrNS2/c1-5-4-11-9(12-5)8-3-7(10)6(2)13-8/h3,5,9,11H,4H2,1-2H3. The van der Waals surface area contributed by atoms with Crippen LogP contribution >= 0.6 is 39.0 Å². The van der Waals surface area contributed by atoms with E-state index in [1.165, 1.54) is 14.2 Å². The summed E-state index contributed by atoms with van der Waals surface area (Å²) in [5.41, 5.74) is 0. The maximum Gasteiger partial charge on any atom is 0.0886 e. The van der Waals surface area contributed by atoms with Gasteiger partial charge in [0.25, 0.3) is 0 Å². The van der Waals surface area contributed by atoms with Crippen LogP contribution in [0.1, 0.15) is 22.1 Å². The summed E-state index contributed by atoms with van der Waals surface area (Å²) in [5, 5.41) is 4.78. The molecule has 13 heavy (non-hydrogen) atoms. The Balaban J connectivity index is 2.17. The van der Waals surface area contributed by atoms with Crippen molar-refractivity contribution in [1.82, 2.24) is 5.32 Å². The van der Waals surface area contributed by atoms with Crippen molar-refractivity contribution in [3.63, 3.8) is 0 Å². The first-order valence-electron chi connectivity index (χ1n) is 4.31. The molecule has 2 unspecified atom stereocenters. The highest BCUT2D eigenvalue weighted by Gasteiger charge is 2.24. The fourth-order valence-corrected chi connectivity index (χ4v) is 4.26. The Morgan fingerprint density at radius 1 is 1.62 bits per heavy atom. The predicted molar refractivity (Wildman–Crippen MR) is 64.6 cm³/mol. The fourth-order valence-electron chi connectivity index (χ4n) is 1.38. The normalized spacial score (nSPS) is 28.2. The number of halogens is 1. The molecule has 1 fully saturated rings. The topological polar surface area (TPSA) is 12.0 Å². The summed E-state index contributed by atoms with van der Waals surface area (Å²) in [6.07, 6.45) is 0. The molecule has 0 aliphatic carbocycles. The van der Waals surface area contributed by atoms with Crippen LogP contribution in [-0.2, 0) is 0 Å². The van der Waals surface area contributed by atoms with Gasteiger partial charge in [-0.25, -0.2) is 0 Å². The lowest BCUT2D eigenvalue weighted by Gasteiger charge is -2.05. The number of thioether (sulfide) groups is 1. The molecule has 0 radical (unpaired) electrons. The molecular formula is C9H12BrNS2. The maximum atomic E-state index is 3.55. The molecule has 0 amide bonds. The number of thiophene rings is 1. The third-order valence-corrected chi connectivity index (χ3v) is 5.77. The van der Waals surface area contributed by atoms with Gasteiger partial charge in [0.2, 0.25) is 0 Å². The molecule has 0 aromatic carbocycles. The summed E-state index contributed by atoms with van der Waals surface area (Å²) in [5.74, 6) is 0. The van der Waals surface area contributed by atoms with E-state index in [9.17, 15) is 0 Å². The second-order valence-corrected chi connectivity index (χ2v) is 6.98. The van der Waals surface area contributed by atoms with Gasteiger partial charge in [-0.2, -0.15) is 0 Å². The zero-order valence-corrected chi connectivity index (χ0v) is 10.9. The van der Waals surface area contributed by atoms with E-state index in [1.54, 1.807) is 0 Å². The molecule has 1 nitrogen and oxygen atoms in total. The lowest BCUT2D eigenvalue weighted by molar-refractivity contribution is 0.725. The summed E-state index contributed by atoms with van der Waals surface area (Å²) < 4.78 is 1.24. The largest absolute Gasteiger partial charge is 0.300 e. The van der Waals surface area contributed by atoms with Crippen LogP contribution < -0.4 is 5.32 Å². The minimum atomic E-state index is 0.519. The van der Waals surface area contributed by atoms with Crippen LogP contribution in [-0.4, -0.2) is 11.8 Å². The molecule has 2 atom stereocenters. The Kier molecular flexibility index (Phi) is 3.03. The predicted octanol–water partition coefficient (Wildman–Crippen LogP) is 3.54. The van der Waals surface area contributed by atoms with Gasteiger partial charge in [0, 0.05) is 26.0 Å². The molecule has 72 valence electrons. The number of hydrogen-bond donors (Lipinski definition) is 1. The highest BCUT2D eigenvalue weighted by atomic mass is 79.9. The molecule has 0 spiro atoms. The fraction of sp³-hybridized carbons (Fsp3) is 0.556. The molecule has 1 aliphatic rings. The van der Waals surface area contributed by atoms with Gasteiger partial charge in [-0.3, -0.25) is 5.32 Å². The molecule has 0 bridgehead atoms. The summed E-state index contributed by atoms with van der Waals surface area (Å²) in [6.45, 7) is 5.55. The zero-order valence-electron chi connectivity index (χ0n) is 7.63. The van der Waals surface area contributed by atoms with Crippen LogP contribution in [0.5, 0.6) is 0 Å². The summed E-state index contributed by atoms with van der Waals surface area (Å²) >= 11 is 7.45. The van der Waals surface area contributed by atoms with Crippen LogP contribution in [0.15, 0.2) is 10.5 Å². The smallest absolute Gasteiger partial charge is 0.0886 e. The third kappa shape index (κ3) is 2.12. The Morgan fingerprint density at radius 2 is 2.38 bits per heavy atom. The van der Waals surface area contributed by atoms with E-state index in [0.717, 1.165) is 11.8 Å². The van der Waals surface area contributed by atoms with Crippen molar-refractivity contribution in [1.29, 1.82) is 0 Å². The SMILES string of the molecule is Cc1sc(C2NCC(C)S2)cc1Br. The lowest BCUT2D eigenvalue weighted by atomic mass is 10.4. The second-order valence-electron chi connectivity index (χ2n) is 3.29. The number of hydrogen-bond acceptors (Lipinski definition) is 3. The Labute approximate surface area is 95.4 Å². The molecule has 1 N–H and O–H groups in total. The second kappa shape index (κ2) is 3.93. The maximum absolute atomic E-state index is 3.55. The van der Waals surface area contributed by atoms with Crippen LogP contribution in [0.25, 0.3) is 0 Å². The van der Waals surface area contributed by atoms with Crippen molar-refractivity contribution < 1.29 is 0 Å². The van der Waals surface area contributed by atoms with E-state index in [0.29, 0.717) is 5.37 Å². The van der Waals surface area contributed by atoms with Crippen LogP contribution in [0.4, 0.5) is 0 Å². The van der Waals surface area contributed by atoms with E-state index in [-0.39, 0.29) is 0 Å². The molecule has 0 saturated carbocycles. The molecule has 4 heteroatoms. The molecular weight excluding hydrogens is 266 g/mol. The monoisotopic (exact) mass is 277 g/mol. The van der Waals surface area contributed by atoms with Gasteiger partial charge < -0.3 is 0 Å². The lowest BCUT2D eigenvalue weighted by Crippen LogP contribution is -2.12. The molecule has 2 rings (SSSR count). The number of rotatable bonds is 1. The number of nitrogens with one attached hydrogen (secondary N) is 1. The first kappa shape index (κ1) is 10.0. The summed E-state index contributed by atoms with van der Waals surface area (Å²) in [7, 11) is 0. The van der Waals surface area contributed by atoms with Gasteiger partial charge in [-0.1, -0.05) is 6.92 Å². The van der Waals surface area contributed by atoms with Gasteiger partial charge in [0.1, 0.15) is 0 Å². The number of aryl methyl sites for hydroxylation is 1. The molecule has 1 aliphatic heterocycles.